The lowest BCUT2D eigenvalue weighted by atomic mass is 10.0. The van der Waals surface area contributed by atoms with Gasteiger partial charge in [-0.3, -0.25) is 9.78 Å². The molecule has 0 amide bonds. The molecule has 1 aromatic carbocycles. The van der Waals surface area contributed by atoms with Crippen LogP contribution in [0.15, 0.2) is 55.0 Å². The van der Waals surface area contributed by atoms with Gasteiger partial charge in [0.2, 0.25) is 5.78 Å². The van der Waals surface area contributed by atoms with E-state index in [1.807, 2.05) is 6.07 Å². The van der Waals surface area contributed by atoms with Gasteiger partial charge in [-0.1, -0.05) is 0 Å². The van der Waals surface area contributed by atoms with E-state index in [4.69, 9.17) is 0 Å². The number of phenols is 1. The van der Waals surface area contributed by atoms with Gasteiger partial charge >= 0.3 is 0 Å². The van der Waals surface area contributed by atoms with E-state index in [0.29, 0.717) is 11.2 Å². The van der Waals surface area contributed by atoms with Gasteiger partial charge in [0.15, 0.2) is 11.6 Å². The van der Waals surface area contributed by atoms with Crippen molar-refractivity contribution in [3.63, 3.8) is 0 Å². The van der Waals surface area contributed by atoms with Crippen LogP contribution >= 0.6 is 0 Å². The van der Waals surface area contributed by atoms with Crippen LogP contribution in [-0.4, -0.2) is 25.8 Å². The van der Waals surface area contributed by atoms with Crippen molar-refractivity contribution in [1.82, 2.24) is 15.0 Å². The number of ketones is 1. The Balaban J connectivity index is 1.88. The Hall–Kier alpha value is -3.61. The van der Waals surface area contributed by atoms with Crippen LogP contribution < -0.4 is 0 Å². The highest BCUT2D eigenvalue weighted by Gasteiger charge is 2.24. The predicted molar refractivity (Wildman–Crippen MR) is 90.8 cm³/mol. The summed E-state index contributed by atoms with van der Waals surface area (Å²) in [6, 6.07) is 8.73. The molecule has 0 radical (unpaired) electrons. The number of pyridine rings is 2. The van der Waals surface area contributed by atoms with Crippen LogP contribution in [0.2, 0.25) is 0 Å². The van der Waals surface area contributed by atoms with Gasteiger partial charge in [0.05, 0.1) is 27.9 Å². The van der Waals surface area contributed by atoms with E-state index in [1.54, 1.807) is 30.6 Å². The van der Waals surface area contributed by atoms with Gasteiger partial charge in [0.25, 0.3) is 0 Å². The fourth-order valence-corrected chi connectivity index (χ4v) is 2.73. The van der Waals surface area contributed by atoms with E-state index < -0.39 is 28.7 Å². The highest BCUT2D eigenvalue weighted by Crippen LogP contribution is 2.28. The number of benzene rings is 1. The number of aromatic nitrogens is 3. The molecule has 3 heterocycles. The maximum atomic E-state index is 14.1. The first-order chi connectivity index (χ1) is 12.6. The second-order valence-corrected chi connectivity index (χ2v) is 5.62. The topological polar surface area (TPSA) is 78.9 Å². The monoisotopic (exact) mass is 351 g/mol. The highest BCUT2D eigenvalue weighted by molar-refractivity contribution is 6.16. The fraction of sp³-hybridized carbons (Fsp3) is 0. The van der Waals surface area contributed by atoms with E-state index in [1.165, 1.54) is 6.20 Å². The molecule has 0 saturated heterocycles. The maximum Gasteiger partial charge on any atom is 0.202 e. The average molecular weight is 351 g/mol. The third-order valence-electron chi connectivity index (χ3n) is 4.02. The summed E-state index contributed by atoms with van der Waals surface area (Å²) in [7, 11) is 0. The zero-order valence-corrected chi connectivity index (χ0v) is 13.2. The smallest absolute Gasteiger partial charge is 0.202 e. The fourth-order valence-electron chi connectivity index (χ4n) is 2.73. The zero-order chi connectivity index (χ0) is 18.3. The summed E-state index contributed by atoms with van der Waals surface area (Å²) in [6.07, 6.45) is 4.59. The summed E-state index contributed by atoms with van der Waals surface area (Å²) in [5.74, 6) is -4.05. The Morgan fingerprint density at radius 1 is 1.12 bits per heavy atom. The van der Waals surface area contributed by atoms with Gasteiger partial charge in [-0.05, 0) is 36.4 Å². The van der Waals surface area contributed by atoms with Crippen LogP contribution in [0.3, 0.4) is 0 Å². The molecule has 0 unspecified atom stereocenters. The van der Waals surface area contributed by atoms with Crippen LogP contribution in [-0.2, 0) is 0 Å². The van der Waals surface area contributed by atoms with Crippen molar-refractivity contribution in [3.05, 3.63) is 77.8 Å². The number of carbonyl (C=O) groups excluding carboxylic acids is 1. The quantitative estimate of drug-likeness (QED) is 0.550. The van der Waals surface area contributed by atoms with E-state index in [9.17, 15) is 18.7 Å². The maximum absolute atomic E-state index is 14.1. The number of hydrogen-bond acceptors (Lipinski definition) is 4. The first-order valence-electron chi connectivity index (χ1n) is 7.66. The molecular formula is C19H11F2N3O2. The number of carbonyl (C=O) groups is 1. The molecule has 0 aliphatic rings. The van der Waals surface area contributed by atoms with E-state index in [2.05, 4.69) is 15.0 Å². The Morgan fingerprint density at radius 3 is 2.73 bits per heavy atom. The number of fused-ring (bicyclic) bond motifs is 1. The van der Waals surface area contributed by atoms with Crippen molar-refractivity contribution >= 4 is 16.8 Å². The Morgan fingerprint density at radius 2 is 1.96 bits per heavy atom. The van der Waals surface area contributed by atoms with Crippen molar-refractivity contribution < 1.29 is 18.7 Å². The van der Waals surface area contributed by atoms with E-state index in [-0.39, 0.29) is 11.1 Å². The number of rotatable bonds is 3. The SMILES string of the molecule is O=C(c1c(F)ccc(O)c1F)c1c[nH]c2ccc(-c3cccnc3)nc12. The number of nitrogens with one attached hydrogen (secondary N) is 1. The largest absolute Gasteiger partial charge is 0.505 e. The molecule has 3 aromatic heterocycles. The number of hydrogen-bond donors (Lipinski definition) is 2. The zero-order valence-electron chi connectivity index (χ0n) is 13.2. The number of phenolic OH excluding ortho intramolecular Hbond substituents is 1. The highest BCUT2D eigenvalue weighted by atomic mass is 19.1. The molecule has 0 aliphatic carbocycles. The summed E-state index contributed by atoms with van der Waals surface area (Å²) < 4.78 is 28.1. The average Bonchev–Trinajstić information content (AvgIpc) is 3.09. The molecule has 7 heteroatoms. The second kappa shape index (κ2) is 6.03. The van der Waals surface area contributed by atoms with Crippen LogP contribution in [0.4, 0.5) is 8.78 Å². The lowest BCUT2D eigenvalue weighted by Crippen LogP contribution is -2.07. The van der Waals surface area contributed by atoms with Gasteiger partial charge < -0.3 is 10.1 Å². The summed E-state index contributed by atoms with van der Waals surface area (Å²) in [4.78, 5) is 24.0. The summed E-state index contributed by atoms with van der Waals surface area (Å²) in [5.41, 5.74) is 1.31. The van der Waals surface area contributed by atoms with Crippen molar-refractivity contribution in [2.45, 2.75) is 0 Å². The molecule has 26 heavy (non-hydrogen) atoms. The normalized spacial score (nSPS) is 11.0. The number of aromatic hydroxyl groups is 1. The van der Waals surface area contributed by atoms with Gasteiger partial charge in [-0.25, -0.2) is 13.8 Å². The molecule has 0 aliphatic heterocycles. The minimum atomic E-state index is -1.30. The number of halogens is 2. The molecule has 0 fully saturated rings. The van der Waals surface area contributed by atoms with E-state index >= 15 is 0 Å². The molecule has 128 valence electrons. The first kappa shape index (κ1) is 15.9. The Kier molecular flexibility index (Phi) is 3.69. The van der Waals surface area contributed by atoms with Crippen LogP contribution in [0.5, 0.6) is 5.75 Å². The van der Waals surface area contributed by atoms with Crippen LogP contribution in [0, 0.1) is 11.6 Å². The minimum absolute atomic E-state index is 0.00846. The van der Waals surface area contributed by atoms with Gasteiger partial charge in [-0.15, -0.1) is 0 Å². The molecule has 5 nitrogen and oxygen atoms in total. The van der Waals surface area contributed by atoms with Crippen molar-refractivity contribution in [3.8, 4) is 17.0 Å². The van der Waals surface area contributed by atoms with Crippen LogP contribution in [0.25, 0.3) is 22.3 Å². The summed E-state index contributed by atoms with van der Waals surface area (Å²) >= 11 is 0. The molecule has 2 N–H and O–H groups in total. The molecule has 0 saturated carbocycles. The standard InChI is InChI=1S/C19H11F2N3O2/c20-12-3-6-15(25)17(21)16(12)19(26)11-9-23-14-5-4-13(24-18(11)14)10-2-1-7-22-8-10/h1-9,23,25H. The first-order valence-corrected chi connectivity index (χ1v) is 7.66. The number of H-pyrrole nitrogens is 1. The lowest BCUT2D eigenvalue weighted by molar-refractivity contribution is 0.103. The molecule has 4 rings (SSSR count). The Labute approximate surface area is 146 Å². The van der Waals surface area contributed by atoms with Gasteiger partial charge in [0.1, 0.15) is 5.82 Å². The van der Waals surface area contributed by atoms with Gasteiger partial charge in [0, 0.05) is 24.2 Å². The third kappa shape index (κ3) is 2.50. The third-order valence-corrected chi connectivity index (χ3v) is 4.02. The lowest BCUT2D eigenvalue weighted by Gasteiger charge is -2.05. The summed E-state index contributed by atoms with van der Waals surface area (Å²) in [5, 5.41) is 9.45. The van der Waals surface area contributed by atoms with Crippen molar-refractivity contribution in [2.24, 2.45) is 0 Å². The number of nitrogens with zero attached hydrogens (tertiary/aromatic N) is 2. The number of aromatic amines is 1. The van der Waals surface area contributed by atoms with Gasteiger partial charge in [-0.2, -0.15) is 0 Å². The molecule has 0 bridgehead atoms. The van der Waals surface area contributed by atoms with E-state index in [0.717, 1.165) is 17.7 Å². The molecule has 0 atom stereocenters. The summed E-state index contributed by atoms with van der Waals surface area (Å²) in [6.45, 7) is 0. The molecule has 4 aromatic rings. The second-order valence-electron chi connectivity index (χ2n) is 5.62. The molecule has 0 spiro atoms. The van der Waals surface area contributed by atoms with Crippen LogP contribution in [0.1, 0.15) is 15.9 Å². The minimum Gasteiger partial charge on any atom is -0.505 e. The van der Waals surface area contributed by atoms with Crippen molar-refractivity contribution in [2.75, 3.05) is 0 Å². The predicted octanol–water partition coefficient (Wildman–Crippen LogP) is 3.84. The molecular weight excluding hydrogens is 340 g/mol. The van der Waals surface area contributed by atoms with Crippen molar-refractivity contribution in [1.29, 1.82) is 0 Å². The Bertz CT molecular complexity index is 1140.